The van der Waals surface area contributed by atoms with Gasteiger partial charge in [-0.3, -0.25) is 6.08 Å². The molecule has 1 nitrogen and oxygen atoms in total. The fourth-order valence-electron chi connectivity index (χ4n) is 0.768. The van der Waals surface area contributed by atoms with Crippen molar-refractivity contribution in [2.45, 2.75) is 19.5 Å². The molecule has 1 N–H and O–H groups in total. The van der Waals surface area contributed by atoms with Gasteiger partial charge in [-0.1, -0.05) is 31.3 Å². The number of halogens is 2. The molecule has 0 aliphatic heterocycles. The first-order valence-electron chi connectivity index (χ1n) is 5.01. The molecule has 1 aliphatic rings. The fourth-order valence-corrected chi connectivity index (χ4v) is 0.768. The Bertz CT molecular complexity index is 282. The van der Waals surface area contributed by atoms with Crippen LogP contribution in [0, 0.1) is 6.08 Å². The van der Waals surface area contributed by atoms with Crippen molar-refractivity contribution in [3.05, 3.63) is 54.6 Å². The second-order valence-corrected chi connectivity index (χ2v) is 4.07. The standard InChI is InChI=1S/C6H6O.C5H5.C2H7Si.2ClH.Ti/c7-6-4-2-1-3-5-6;1-2-4-5-3-1;1-3-2;;;/h1-5,7H;1-3H,4H2;3H,1-2H3;2*1H;/q;-1;;;;. The van der Waals surface area contributed by atoms with E-state index in [2.05, 4.69) is 25.2 Å². The molecular formula is C13H20Cl2OSiTi-. The molecular weight excluding hydrogens is 319 g/mol. The van der Waals surface area contributed by atoms with E-state index in [9.17, 15) is 0 Å². The van der Waals surface area contributed by atoms with E-state index in [1.807, 2.05) is 18.2 Å². The molecule has 1 aliphatic carbocycles. The van der Waals surface area contributed by atoms with Gasteiger partial charge in [-0.2, -0.15) is 6.08 Å². The van der Waals surface area contributed by atoms with E-state index in [-0.39, 0.29) is 46.5 Å². The summed E-state index contributed by atoms with van der Waals surface area (Å²) in [5.74, 6) is 0.322. The Morgan fingerprint density at radius 1 is 1.11 bits per heavy atom. The van der Waals surface area contributed by atoms with Crippen molar-refractivity contribution in [1.82, 2.24) is 0 Å². The number of benzene rings is 1. The summed E-state index contributed by atoms with van der Waals surface area (Å²) in [6.07, 6.45) is 10.0. The van der Waals surface area contributed by atoms with E-state index in [1.54, 1.807) is 24.3 Å². The van der Waals surface area contributed by atoms with Crippen LogP contribution in [0.25, 0.3) is 0 Å². The molecule has 0 atom stereocenters. The largest absolute Gasteiger partial charge is 0.508 e. The smallest absolute Gasteiger partial charge is 0.115 e. The number of phenols is 1. The van der Waals surface area contributed by atoms with Crippen LogP contribution in [0.3, 0.4) is 0 Å². The van der Waals surface area contributed by atoms with Crippen LogP contribution in [0.15, 0.2) is 48.6 Å². The maximum absolute atomic E-state index is 8.63. The van der Waals surface area contributed by atoms with Crippen LogP contribution in [-0.2, 0) is 21.7 Å². The van der Waals surface area contributed by atoms with Crippen LogP contribution in [0.5, 0.6) is 5.75 Å². The number of para-hydroxylation sites is 1. The van der Waals surface area contributed by atoms with Gasteiger partial charge >= 0.3 is 0 Å². The molecule has 1 aromatic rings. The van der Waals surface area contributed by atoms with Gasteiger partial charge in [0.1, 0.15) is 5.75 Å². The minimum Gasteiger partial charge on any atom is -0.508 e. The second kappa shape index (κ2) is 22.2. The summed E-state index contributed by atoms with van der Waals surface area (Å²) in [5.41, 5.74) is 0. The monoisotopic (exact) mass is 338 g/mol. The van der Waals surface area contributed by atoms with Gasteiger partial charge in [0, 0.05) is 31.2 Å². The van der Waals surface area contributed by atoms with E-state index in [1.165, 1.54) is 0 Å². The summed E-state index contributed by atoms with van der Waals surface area (Å²) >= 11 is 0. The third-order valence-corrected chi connectivity index (χ3v) is 1.34. The molecule has 5 heteroatoms. The minimum atomic E-state index is 0. The molecule has 18 heavy (non-hydrogen) atoms. The molecule has 1 aromatic carbocycles. The van der Waals surface area contributed by atoms with Crippen molar-refractivity contribution >= 4 is 34.3 Å². The molecule has 0 spiro atoms. The number of rotatable bonds is 0. The van der Waals surface area contributed by atoms with Gasteiger partial charge in [0.2, 0.25) is 0 Å². The Morgan fingerprint density at radius 3 is 1.78 bits per heavy atom. The Hall–Kier alpha value is 0.0112. The molecule has 101 valence electrons. The third-order valence-electron chi connectivity index (χ3n) is 1.34. The van der Waals surface area contributed by atoms with Crippen LogP contribution in [0.4, 0.5) is 0 Å². The molecule has 0 amide bonds. The second-order valence-electron chi connectivity index (χ2n) is 2.92. The molecule has 0 saturated carbocycles. The quantitative estimate of drug-likeness (QED) is 0.558. The summed E-state index contributed by atoms with van der Waals surface area (Å²) in [6.45, 7) is 4.42. The van der Waals surface area contributed by atoms with Crippen LogP contribution < -0.4 is 0 Å². The van der Waals surface area contributed by atoms with Crippen LogP contribution in [-0.4, -0.2) is 14.6 Å². The molecule has 0 aromatic heterocycles. The normalized spacial score (nSPS) is 9.22. The van der Waals surface area contributed by atoms with E-state index < -0.39 is 0 Å². The zero-order valence-electron chi connectivity index (χ0n) is 10.7. The first-order valence-corrected chi connectivity index (χ1v) is 7.32. The molecule has 1 radical (unpaired) electrons. The van der Waals surface area contributed by atoms with E-state index in [0.717, 1.165) is 15.9 Å². The van der Waals surface area contributed by atoms with Gasteiger partial charge in [0.15, 0.2) is 0 Å². The van der Waals surface area contributed by atoms with Crippen LogP contribution in [0.2, 0.25) is 13.1 Å². The van der Waals surface area contributed by atoms with Crippen LogP contribution >= 0.6 is 24.8 Å². The summed E-state index contributed by atoms with van der Waals surface area (Å²) < 4.78 is 0. The topological polar surface area (TPSA) is 20.2 Å². The maximum Gasteiger partial charge on any atom is 0.115 e. The number of aromatic hydroxyl groups is 1. The van der Waals surface area contributed by atoms with E-state index in [4.69, 9.17) is 5.11 Å². The molecule has 0 fully saturated rings. The van der Waals surface area contributed by atoms with Crippen molar-refractivity contribution in [1.29, 1.82) is 0 Å². The Labute approximate surface area is 140 Å². The summed E-state index contributed by atoms with van der Waals surface area (Å²) in [5, 5.41) is 8.63. The van der Waals surface area contributed by atoms with Gasteiger partial charge in [0.25, 0.3) is 0 Å². The van der Waals surface area contributed by atoms with Crippen molar-refractivity contribution < 1.29 is 26.8 Å². The van der Waals surface area contributed by atoms with Crippen molar-refractivity contribution in [2.75, 3.05) is 0 Å². The van der Waals surface area contributed by atoms with Crippen molar-refractivity contribution in [3.8, 4) is 5.75 Å². The number of hydrogen-bond acceptors (Lipinski definition) is 1. The van der Waals surface area contributed by atoms with Crippen molar-refractivity contribution in [3.63, 3.8) is 0 Å². The fraction of sp³-hybridized carbons (Fsp3) is 0.231. The SMILES string of the molecule is C[SiH]C.Cl.Cl.Oc1ccccc1.[C-]1=CC=CC1.[Ti]. The maximum atomic E-state index is 8.63. The van der Waals surface area contributed by atoms with Gasteiger partial charge in [-0.15, -0.1) is 31.2 Å². The zero-order valence-corrected chi connectivity index (χ0v) is 15.0. The van der Waals surface area contributed by atoms with Gasteiger partial charge in [-0.25, -0.2) is 12.2 Å². The molecule has 0 bridgehead atoms. The van der Waals surface area contributed by atoms with Gasteiger partial charge in [0.05, 0.1) is 0 Å². The number of allylic oxidation sites excluding steroid dienone is 4. The molecule has 2 rings (SSSR count). The average molecular weight is 339 g/mol. The summed E-state index contributed by atoms with van der Waals surface area (Å²) in [4.78, 5) is 0. The Morgan fingerprint density at radius 2 is 1.61 bits per heavy atom. The summed E-state index contributed by atoms with van der Waals surface area (Å²) in [7, 11) is 0.750. The summed E-state index contributed by atoms with van der Waals surface area (Å²) in [6, 6.07) is 8.71. The number of phenolic OH excluding ortho intramolecular Hbond substituents is 1. The Kier molecular flexibility index (Phi) is 32.8. The molecule has 0 unspecified atom stereocenters. The predicted octanol–water partition coefficient (Wildman–Crippen LogP) is 4.06. The Balaban J connectivity index is -0.0000000808. The average Bonchev–Trinajstić information content (AvgIpc) is 2.78. The van der Waals surface area contributed by atoms with Gasteiger partial charge < -0.3 is 5.11 Å². The van der Waals surface area contributed by atoms with E-state index in [0.29, 0.717) is 5.75 Å². The minimum absolute atomic E-state index is 0. The first-order chi connectivity index (χ1) is 7.31. The molecule has 0 heterocycles. The predicted molar refractivity (Wildman–Crippen MR) is 83.0 cm³/mol. The number of hydrogen-bond donors (Lipinski definition) is 1. The molecule has 0 saturated heterocycles. The zero-order chi connectivity index (χ0) is 11.4. The third kappa shape index (κ3) is 21.3. The van der Waals surface area contributed by atoms with Crippen LogP contribution in [0.1, 0.15) is 6.42 Å². The van der Waals surface area contributed by atoms with Crippen molar-refractivity contribution in [2.24, 2.45) is 0 Å². The van der Waals surface area contributed by atoms with Gasteiger partial charge in [-0.05, 0) is 12.1 Å². The van der Waals surface area contributed by atoms with E-state index >= 15 is 0 Å². The first kappa shape index (κ1) is 26.5.